The van der Waals surface area contributed by atoms with Crippen LogP contribution in [0.2, 0.25) is 0 Å². The summed E-state index contributed by atoms with van der Waals surface area (Å²) in [6.07, 6.45) is 0. The van der Waals surface area contributed by atoms with Crippen molar-refractivity contribution >= 4 is 21.6 Å². The summed E-state index contributed by atoms with van der Waals surface area (Å²) in [6, 6.07) is 5.45. The van der Waals surface area contributed by atoms with E-state index >= 15 is 0 Å². The van der Waals surface area contributed by atoms with Crippen LogP contribution >= 0.6 is 0 Å². The average Bonchev–Trinajstić information content (AvgIpc) is 2.97. The van der Waals surface area contributed by atoms with Crippen LogP contribution in [-0.2, 0) is 26.1 Å². The third-order valence-electron chi connectivity index (χ3n) is 4.54. The van der Waals surface area contributed by atoms with Crippen LogP contribution in [0.4, 0.5) is 14.5 Å². The number of hydrogen-bond acceptors (Lipinski definition) is 6. The topological polar surface area (TPSA) is 103 Å². The van der Waals surface area contributed by atoms with Crippen molar-refractivity contribution in [1.82, 2.24) is 14.1 Å². The van der Waals surface area contributed by atoms with Crippen molar-refractivity contribution < 1.29 is 31.5 Å². The summed E-state index contributed by atoms with van der Waals surface area (Å²) in [6.45, 7) is 1.22. The van der Waals surface area contributed by atoms with Crippen molar-refractivity contribution in [3.05, 3.63) is 35.7 Å². The van der Waals surface area contributed by atoms with E-state index in [0.717, 1.165) is 0 Å². The van der Waals surface area contributed by atoms with Crippen molar-refractivity contribution in [2.75, 3.05) is 31.6 Å². The Morgan fingerprint density at radius 2 is 1.87 bits per heavy atom. The zero-order valence-electron chi connectivity index (χ0n) is 16.5. The zero-order valence-corrected chi connectivity index (χ0v) is 17.3. The first-order valence-electron chi connectivity index (χ1n) is 9.15. The van der Waals surface area contributed by atoms with Gasteiger partial charge >= 0.3 is 6.61 Å². The molecule has 1 fully saturated rings. The summed E-state index contributed by atoms with van der Waals surface area (Å²) in [5, 5.41) is 6.82. The van der Waals surface area contributed by atoms with E-state index in [1.807, 2.05) is 0 Å². The van der Waals surface area contributed by atoms with Gasteiger partial charge in [-0.1, -0.05) is 0 Å². The largest absolute Gasteiger partial charge is 0.435 e. The van der Waals surface area contributed by atoms with Crippen LogP contribution in [0.1, 0.15) is 11.4 Å². The molecule has 0 aliphatic carbocycles. The number of hydrogen-bond donors (Lipinski definition) is 1. The number of aryl methyl sites for hydroxylation is 1. The van der Waals surface area contributed by atoms with Crippen LogP contribution in [0, 0.1) is 13.8 Å². The fraction of sp³-hybridized carbons (Fsp3) is 0.444. The molecule has 0 unspecified atom stereocenters. The van der Waals surface area contributed by atoms with Gasteiger partial charge in [0, 0.05) is 18.8 Å². The smallest absolute Gasteiger partial charge is 0.387 e. The predicted octanol–water partition coefficient (Wildman–Crippen LogP) is 1.76. The van der Waals surface area contributed by atoms with E-state index in [9.17, 15) is 22.0 Å². The molecule has 1 aromatic heterocycles. The number of nitrogens with zero attached hydrogens (tertiary/aromatic N) is 3. The first kappa shape index (κ1) is 22.1. The number of carbonyl (C=O) groups excluding carboxylic acids is 1. The monoisotopic (exact) mass is 444 g/mol. The van der Waals surface area contributed by atoms with E-state index in [0.29, 0.717) is 30.3 Å². The third kappa shape index (κ3) is 4.94. The molecule has 1 aromatic carbocycles. The molecular weight excluding hydrogens is 422 g/mol. The summed E-state index contributed by atoms with van der Waals surface area (Å²) in [5.41, 5.74) is 1.04. The lowest BCUT2D eigenvalue weighted by Crippen LogP contribution is -2.41. The van der Waals surface area contributed by atoms with Crippen LogP contribution in [0.15, 0.2) is 29.2 Å². The van der Waals surface area contributed by atoms with Crippen molar-refractivity contribution in [3.8, 4) is 5.75 Å². The maximum absolute atomic E-state index is 13.0. The molecule has 0 atom stereocenters. The summed E-state index contributed by atoms with van der Waals surface area (Å²) in [5.74, 6) is -0.474. The second-order valence-electron chi connectivity index (χ2n) is 6.63. The average molecular weight is 444 g/mol. The van der Waals surface area contributed by atoms with E-state index < -0.39 is 22.5 Å². The second-order valence-corrected chi connectivity index (χ2v) is 8.50. The van der Waals surface area contributed by atoms with Crippen molar-refractivity contribution in [2.24, 2.45) is 0 Å². The number of carbonyl (C=O) groups is 1. The Labute approximate surface area is 172 Å². The molecule has 1 saturated heterocycles. The minimum Gasteiger partial charge on any atom is -0.435 e. The van der Waals surface area contributed by atoms with Crippen LogP contribution < -0.4 is 10.1 Å². The number of halogens is 2. The SMILES string of the molecule is Cc1nn(CC(=O)Nc2ccc(OC(F)F)cc2)c(C)c1S(=O)(=O)N1CCOCC1. The summed E-state index contributed by atoms with van der Waals surface area (Å²) < 4.78 is 62.5. The van der Waals surface area contributed by atoms with E-state index in [4.69, 9.17) is 4.74 Å². The highest BCUT2D eigenvalue weighted by atomic mass is 32.2. The highest BCUT2D eigenvalue weighted by Crippen LogP contribution is 2.24. The van der Waals surface area contributed by atoms with Crippen LogP contribution in [0.3, 0.4) is 0 Å². The Kier molecular flexibility index (Phi) is 6.68. The van der Waals surface area contributed by atoms with E-state index in [1.54, 1.807) is 13.8 Å². The Bertz CT molecular complexity index is 1000. The van der Waals surface area contributed by atoms with Gasteiger partial charge in [0.25, 0.3) is 0 Å². The molecule has 30 heavy (non-hydrogen) atoms. The Hall–Kier alpha value is -2.57. The van der Waals surface area contributed by atoms with Gasteiger partial charge in [0.2, 0.25) is 15.9 Å². The van der Waals surface area contributed by atoms with Crippen LogP contribution in [0.5, 0.6) is 5.75 Å². The molecule has 1 aliphatic heterocycles. The molecule has 9 nitrogen and oxygen atoms in total. The second kappa shape index (κ2) is 9.06. The molecule has 2 heterocycles. The molecule has 0 bridgehead atoms. The summed E-state index contributed by atoms with van der Waals surface area (Å²) in [7, 11) is -3.75. The molecule has 2 aromatic rings. The molecule has 164 valence electrons. The number of rotatable bonds is 7. The molecule has 1 N–H and O–H groups in total. The number of aromatic nitrogens is 2. The normalized spacial score (nSPS) is 15.4. The quantitative estimate of drug-likeness (QED) is 0.698. The Morgan fingerprint density at radius 3 is 2.47 bits per heavy atom. The van der Waals surface area contributed by atoms with Gasteiger partial charge in [-0.15, -0.1) is 0 Å². The first-order chi connectivity index (χ1) is 14.2. The molecule has 1 amide bonds. The maximum atomic E-state index is 13.0. The fourth-order valence-corrected chi connectivity index (χ4v) is 4.96. The van der Waals surface area contributed by atoms with E-state index in [-0.39, 0.29) is 30.3 Å². The van der Waals surface area contributed by atoms with Gasteiger partial charge in [0.15, 0.2) is 0 Å². The van der Waals surface area contributed by atoms with Crippen LogP contribution in [-0.4, -0.2) is 61.3 Å². The van der Waals surface area contributed by atoms with Gasteiger partial charge < -0.3 is 14.8 Å². The van der Waals surface area contributed by atoms with E-state index in [2.05, 4.69) is 15.2 Å². The molecule has 3 rings (SSSR count). The molecule has 0 saturated carbocycles. The molecule has 0 spiro atoms. The van der Waals surface area contributed by atoms with Gasteiger partial charge in [-0.2, -0.15) is 18.2 Å². The Balaban J connectivity index is 1.71. The molecule has 12 heteroatoms. The zero-order chi connectivity index (χ0) is 21.9. The number of benzene rings is 1. The van der Waals surface area contributed by atoms with Crippen LogP contribution in [0.25, 0.3) is 0 Å². The lowest BCUT2D eigenvalue weighted by molar-refractivity contribution is -0.117. The first-order valence-corrected chi connectivity index (χ1v) is 10.6. The molecule has 0 radical (unpaired) electrons. The van der Waals surface area contributed by atoms with Crippen molar-refractivity contribution in [1.29, 1.82) is 0 Å². The van der Waals surface area contributed by atoms with Crippen molar-refractivity contribution in [2.45, 2.75) is 31.9 Å². The lowest BCUT2D eigenvalue weighted by atomic mass is 10.3. The minimum absolute atomic E-state index is 0.0282. The minimum atomic E-state index is -3.75. The maximum Gasteiger partial charge on any atom is 0.387 e. The number of sulfonamides is 1. The molecular formula is C18H22F2N4O5S. The van der Waals surface area contributed by atoms with Gasteiger partial charge in [-0.3, -0.25) is 9.48 Å². The summed E-state index contributed by atoms with van der Waals surface area (Å²) in [4.78, 5) is 12.5. The van der Waals surface area contributed by atoms with Gasteiger partial charge in [0.05, 0.1) is 24.6 Å². The number of nitrogens with one attached hydrogen (secondary N) is 1. The highest BCUT2D eigenvalue weighted by Gasteiger charge is 2.32. The van der Waals surface area contributed by atoms with Gasteiger partial charge in [-0.05, 0) is 38.1 Å². The number of amides is 1. The predicted molar refractivity (Wildman–Crippen MR) is 103 cm³/mol. The van der Waals surface area contributed by atoms with E-state index in [1.165, 1.54) is 33.3 Å². The standard InChI is InChI=1S/C18H22F2N4O5S/c1-12-17(30(26,27)23-7-9-28-10-8-23)13(2)24(22-12)11-16(25)21-14-3-5-15(6-4-14)29-18(19)20/h3-6,18H,7-11H2,1-2H3,(H,21,25). The fourth-order valence-electron chi connectivity index (χ4n) is 3.18. The third-order valence-corrected chi connectivity index (χ3v) is 6.69. The number of alkyl halides is 2. The summed E-state index contributed by atoms with van der Waals surface area (Å²) >= 11 is 0. The Morgan fingerprint density at radius 1 is 1.23 bits per heavy atom. The van der Waals surface area contributed by atoms with Gasteiger partial charge in [-0.25, -0.2) is 8.42 Å². The van der Waals surface area contributed by atoms with Gasteiger partial charge in [0.1, 0.15) is 17.2 Å². The van der Waals surface area contributed by atoms with Crippen molar-refractivity contribution in [3.63, 3.8) is 0 Å². The molecule has 1 aliphatic rings. The number of morpholine rings is 1. The highest BCUT2D eigenvalue weighted by molar-refractivity contribution is 7.89. The lowest BCUT2D eigenvalue weighted by Gasteiger charge is -2.26. The number of ether oxygens (including phenoxy) is 2. The number of anilines is 1.